The summed E-state index contributed by atoms with van der Waals surface area (Å²) in [4.78, 5) is 20.4. The second-order valence-corrected chi connectivity index (χ2v) is 9.33. The van der Waals surface area contributed by atoms with Gasteiger partial charge in [0.05, 0.1) is 24.9 Å². The van der Waals surface area contributed by atoms with Gasteiger partial charge >= 0.3 is 0 Å². The number of benzene rings is 2. The lowest BCUT2D eigenvalue weighted by Crippen LogP contribution is -2.56. The largest absolute Gasteiger partial charge is 0.488 e. The molecule has 1 aliphatic heterocycles. The molecule has 34 heavy (non-hydrogen) atoms. The van der Waals surface area contributed by atoms with Gasteiger partial charge < -0.3 is 20.2 Å². The van der Waals surface area contributed by atoms with Crippen LogP contribution in [0.3, 0.4) is 0 Å². The van der Waals surface area contributed by atoms with E-state index >= 15 is 0 Å². The molecule has 0 unspecified atom stereocenters. The molecule has 2 aromatic carbocycles. The van der Waals surface area contributed by atoms with Crippen LogP contribution in [0.5, 0.6) is 5.75 Å². The van der Waals surface area contributed by atoms with Crippen LogP contribution in [-0.4, -0.2) is 39.5 Å². The van der Waals surface area contributed by atoms with E-state index in [1.54, 1.807) is 12.3 Å². The van der Waals surface area contributed by atoms with Crippen LogP contribution < -0.4 is 16.0 Å². The molecule has 1 saturated heterocycles. The summed E-state index contributed by atoms with van der Waals surface area (Å²) in [6.07, 6.45) is 5.19. The number of nitrogen functional groups attached to an aromatic ring is 1. The molecular formula is C25H20FN5O3. The Balaban J connectivity index is 1.49. The average molecular weight is 457 g/mol. The highest BCUT2D eigenvalue weighted by atomic mass is 19.1. The lowest BCUT2D eigenvalue weighted by molar-refractivity contribution is -0.191. The van der Waals surface area contributed by atoms with Gasteiger partial charge in [0.15, 0.2) is 0 Å². The zero-order valence-corrected chi connectivity index (χ0v) is 18.0. The summed E-state index contributed by atoms with van der Waals surface area (Å²) in [6, 6.07) is 8.56. The van der Waals surface area contributed by atoms with Gasteiger partial charge in [-0.2, -0.15) is 5.10 Å². The predicted molar refractivity (Wildman–Crippen MR) is 126 cm³/mol. The summed E-state index contributed by atoms with van der Waals surface area (Å²) in [5.41, 5.74) is 8.86. The number of aromatic nitrogens is 4. The number of anilines is 1. The maximum atomic E-state index is 14.4. The second-order valence-electron chi connectivity index (χ2n) is 9.33. The number of hydrogen-bond acceptors (Lipinski definition) is 6. The van der Waals surface area contributed by atoms with Crippen molar-refractivity contribution in [2.45, 2.75) is 18.9 Å². The molecule has 0 atom stereocenters. The third-order valence-electron chi connectivity index (χ3n) is 7.14. The number of halogens is 1. The molecule has 0 amide bonds. The molecule has 0 radical (unpaired) electrons. The number of pyridine rings is 2. The predicted octanol–water partition coefficient (Wildman–Crippen LogP) is 3.90. The number of H-pyrrole nitrogens is 2. The molecule has 3 aromatic heterocycles. The topological polar surface area (TPSA) is 119 Å². The fourth-order valence-corrected chi connectivity index (χ4v) is 5.39. The molecule has 4 heterocycles. The van der Waals surface area contributed by atoms with Crippen molar-refractivity contribution < 1.29 is 13.9 Å². The highest BCUT2D eigenvalue weighted by Crippen LogP contribution is 2.49. The van der Waals surface area contributed by atoms with E-state index < -0.39 is 11.4 Å². The first kappa shape index (κ1) is 19.5. The van der Waals surface area contributed by atoms with Crippen molar-refractivity contribution >= 4 is 38.4 Å². The monoisotopic (exact) mass is 457 g/mol. The van der Waals surface area contributed by atoms with Crippen molar-refractivity contribution in [3.63, 3.8) is 0 Å². The van der Waals surface area contributed by atoms with Gasteiger partial charge in [-0.15, -0.1) is 0 Å². The van der Waals surface area contributed by atoms with E-state index in [0.717, 1.165) is 31.4 Å². The van der Waals surface area contributed by atoms with Crippen LogP contribution >= 0.6 is 0 Å². The molecule has 1 saturated carbocycles. The van der Waals surface area contributed by atoms with Crippen molar-refractivity contribution in [2.75, 3.05) is 18.9 Å². The van der Waals surface area contributed by atoms with Crippen LogP contribution in [0.1, 0.15) is 12.8 Å². The lowest BCUT2D eigenvalue weighted by atomic mass is 9.65. The number of rotatable bonds is 3. The van der Waals surface area contributed by atoms with Gasteiger partial charge in [-0.05, 0) is 42.7 Å². The SMILES string of the molecule is Nc1c(-c2ccc(F)c3[nH]ncc23)c2cc(OC3CC4(COC4)C3)c3ncccc3c2[nH]c1=O. The van der Waals surface area contributed by atoms with Crippen LogP contribution in [0.4, 0.5) is 10.1 Å². The van der Waals surface area contributed by atoms with Crippen LogP contribution in [0.15, 0.2) is 47.5 Å². The van der Waals surface area contributed by atoms with Gasteiger partial charge in [-0.25, -0.2) is 4.39 Å². The van der Waals surface area contributed by atoms with Gasteiger partial charge in [-0.3, -0.25) is 14.9 Å². The quantitative estimate of drug-likeness (QED) is 0.354. The number of ether oxygens (including phenoxy) is 2. The first-order valence-corrected chi connectivity index (χ1v) is 11.1. The minimum absolute atomic E-state index is 0.0463. The van der Waals surface area contributed by atoms with Gasteiger partial charge in [0.1, 0.15) is 34.4 Å². The number of aromatic amines is 2. The molecule has 170 valence electrons. The minimum atomic E-state index is -0.429. The summed E-state index contributed by atoms with van der Waals surface area (Å²) in [7, 11) is 0. The molecule has 0 bridgehead atoms. The molecule has 8 nitrogen and oxygen atoms in total. The Morgan fingerprint density at radius 3 is 2.79 bits per heavy atom. The standard InChI is InChI=1S/C25H20FN5O3/c26-17-4-3-13(16-9-29-31-22(16)17)19-15-6-18(34-12-7-25(8-12)10-33-11-25)23-14(2-1-5-28-23)21(15)30-24(32)20(19)27/h1-6,9,12H,7-8,10-11,27H2,(H,29,31)(H,30,32). The fraction of sp³-hybridized carbons (Fsp3) is 0.240. The minimum Gasteiger partial charge on any atom is -0.488 e. The number of fused-ring (bicyclic) bond motifs is 4. The summed E-state index contributed by atoms with van der Waals surface area (Å²) < 4.78 is 26.2. The Bertz CT molecular complexity index is 1680. The first-order valence-electron chi connectivity index (χ1n) is 11.1. The van der Waals surface area contributed by atoms with E-state index in [1.807, 2.05) is 18.2 Å². The number of nitrogens with one attached hydrogen (secondary N) is 2. The number of hydrogen-bond donors (Lipinski definition) is 3. The van der Waals surface area contributed by atoms with Crippen molar-refractivity contribution in [3.8, 4) is 16.9 Å². The smallest absolute Gasteiger partial charge is 0.272 e. The van der Waals surface area contributed by atoms with Crippen LogP contribution in [-0.2, 0) is 4.74 Å². The molecule has 5 aromatic rings. The van der Waals surface area contributed by atoms with Crippen LogP contribution in [0, 0.1) is 11.2 Å². The maximum Gasteiger partial charge on any atom is 0.272 e. The molecule has 9 heteroatoms. The lowest BCUT2D eigenvalue weighted by Gasteiger charge is -2.52. The zero-order chi connectivity index (χ0) is 23.0. The zero-order valence-electron chi connectivity index (χ0n) is 18.0. The number of nitrogens with zero attached hydrogens (tertiary/aromatic N) is 2. The van der Waals surface area contributed by atoms with E-state index in [4.69, 9.17) is 15.2 Å². The summed E-state index contributed by atoms with van der Waals surface area (Å²) in [5.74, 6) is 0.197. The second kappa shape index (κ2) is 6.77. The first-order chi connectivity index (χ1) is 16.5. The normalized spacial score (nSPS) is 17.3. The molecule has 1 aliphatic carbocycles. The third kappa shape index (κ3) is 2.64. The van der Waals surface area contributed by atoms with Crippen molar-refractivity contribution in [2.24, 2.45) is 5.41 Å². The Morgan fingerprint density at radius 1 is 1.15 bits per heavy atom. The fourth-order valence-electron chi connectivity index (χ4n) is 5.39. The summed E-state index contributed by atoms with van der Waals surface area (Å²) >= 11 is 0. The molecule has 2 aliphatic rings. The van der Waals surface area contributed by atoms with Gasteiger partial charge in [0, 0.05) is 33.3 Å². The molecule has 7 rings (SSSR count). The van der Waals surface area contributed by atoms with Gasteiger partial charge in [-0.1, -0.05) is 6.07 Å². The Labute approximate surface area is 191 Å². The molecule has 2 fully saturated rings. The van der Waals surface area contributed by atoms with Crippen molar-refractivity contribution in [1.29, 1.82) is 0 Å². The Morgan fingerprint density at radius 2 is 2.00 bits per heavy atom. The maximum absolute atomic E-state index is 14.4. The molecular weight excluding hydrogens is 437 g/mol. The van der Waals surface area contributed by atoms with E-state index in [-0.39, 0.29) is 22.7 Å². The number of nitrogens with two attached hydrogens (primary N) is 1. The van der Waals surface area contributed by atoms with Crippen molar-refractivity contribution in [3.05, 3.63) is 58.9 Å². The van der Waals surface area contributed by atoms with E-state index in [2.05, 4.69) is 20.2 Å². The Hall–Kier alpha value is -3.98. The van der Waals surface area contributed by atoms with Crippen molar-refractivity contribution in [1.82, 2.24) is 20.2 Å². The highest BCUT2D eigenvalue weighted by Gasteiger charge is 2.51. The summed E-state index contributed by atoms with van der Waals surface area (Å²) in [5, 5.41) is 8.67. The molecule has 1 spiro atoms. The van der Waals surface area contributed by atoms with Crippen LogP contribution in [0.25, 0.3) is 43.8 Å². The third-order valence-corrected chi connectivity index (χ3v) is 7.14. The molecule has 4 N–H and O–H groups in total. The Kier molecular flexibility index (Phi) is 3.88. The van der Waals surface area contributed by atoms with Crippen LogP contribution in [0.2, 0.25) is 0 Å². The van der Waals surface area contributed by atoms with E-state index in [1.165, 1.54) is 12.3 Å². The van der Waals surface area contributed by atoms with Gasteiger partial charge in [0.25, 0.3) is 5.56 Å². The summed E-state index contributed by atoms with van der Waals surface area (Å²) in [6.45, 7) is 1.58. The van der Waals surface area contributed by atoms with E-state index in [0.29, 0.717) is 38.7 Å². The van der Waals surface area contributed by atoms with Gasteiger partial charge in [0.2, 0.25) is 0 Å². The van der Waals surface area contributed by atoms with E-state index in [9.17, 15) is 9.18 Å². The highest BCUT2D eigenvalue weighted by molar-refractivity contribution is 6.15. The average Bonchev–Trinajstić information content (AvgIpc) is 3.28.